The van der Waals surface area contributed by atoms with Crippen molar-refractivity contribution in [2.45, 2.75) is 45.3 Å². The zero-order valence-electron chi connectivity index (χ0n) is 16.6. The monoisotopic (exact) mass is 407 g/mol. The van der Waals surface area contributed by atoms with E-state index in [4.69, 9.17) is 10.00 Å². The standard InChI is InChI=1S/C19H26FN5O2S/c1-19(2,3)27-18(26)23-13-8-10-25(11-9-13)15-7-5-6-14(20)16(15)24-17(28-4)22-12-21/h5-7,13H,8-11H2,1-4H3,(H,22,24)(H,23,26). The fourth-order valence-corrected chi connectivity index (χ4v) is 3.21. The van der Waals surface area contributed by atoms with E-state index >= 15 is 0 Å². The Morgan fingerprint density at radius 2 is 2.07 bits per heavy atom. The van der Waals surface area contributed by atoms with Crippen LogP contribution in [0.25, 0.3) is 0 Å². The lowest BCUT2D eigenvalue weighted by molar-refractivity contribution is 0.0497. The summed E-state index contributed by atoms with van der Waals surface area (Å²) >= 11 is 1.23. The van der Waals surface area contributed by atoms with Crippen molar-refractivity contribution < 1.29 is 13.9 Å². The summed E-state index contributed by atoms with van der Waals surface area (Å²) in [6.45, 7) is 6.76. The van der Waals surface area contributed by atoms with E-state index in [0.29, 0.717) is 36.8 Å². The molecule has 0 unspecified atom stereocenters. The molecule has 2 rings (SSSR count). The van der Waals surface area contributed by atoms with Crippen molar-refractivity contribution >= 4 is 34.4 Å². The number of halogens is 1. The third kappa shape index (κ3) is 6.30. The van der Waals surface area contributed by atoms with Crippen LogP contribution in [0.4, 0.5) is 20.6 Å². The second kappa shape index (κ2) is 9.64. The molecular formula is C19H26FN5O2S. The van der Waals surface area contributed by atoms with Gasteiger partial charge >= 0.3 is 6.09 Å². The van der Waals surface area contributed by atoms with Crippen molar-refractivity contribution in [3.05, 3.63) is 24.0 Å². The zero-order chi connectivity index (χ0) is 20.7. The molecule has 0 atom stereocenters. The van der Waals surface area contributed by atoms with Gasteiger partial charge in [0.1, 0.15) is 11.3 Å². The highest BCUT2D eigenvalue weighted by molar-refractivity contribution is 8.13. The Hall–Kier alpha value is -2.47. The minimum atomic E-state index is -0.536. The van der Waals surface area contributed by atoms with Gasteiger partial charge in [-0.1, -0.05) is 17.8 Å². The van der Waals surface area contributed by atoms with Gasteiger partial charge in [-0.2, -0.15) is 5.26 Å². The lowest BCUT2D eigenvalue weighted by Gasteiger charge is -2.34. The molecule has 1 aliphatic heterocycles. The summed E-state index contributed by atoms with van der Waals surface area (Å²) in [5.41, 5.74) is 0.335. The number of nitriles is 1. The molecule has 1 aliphatic rings. The van der Waals surface area contributed by atoms with Gasteiger partial charge in [0, 0.05) is 19.1 Å². The van der Waals surface area contributed by atoms with Gasteiger partial charge in [-0.15, -0.1) is 0 Å². The second-order valence-electron chi connectivity index (χ2n) is 7.37. The highest BCUT2D eigenvalue weighted by Crippen LogP contribution is 2.34. The van der Waals surface area contributed by atoms with E-state index in [1.165, 1.54) is 17.8 Å². The van der Waals surface area contributed by atoms with Crippen LogP contribution in [0.15, 0.2) is 23.2 Å². The first-order chi connectivity index (χ1) is 13.2. The van der Waals surface area contributed by atoms with Gasteiger partial charge < -0.3 is 15.0 Å². The molecule has 9 heteroatoms. The number of carbonyl (C=O) groups is 1. The van der Waals surface area contributed by atoms with Crippen molar-refractivity contribution in [3.63, 3.8) is 0 Å². The topological polar surface area (TPSA) is 89.8 Å². The van der Waals surface area contributed by atoms with Crippen LogP contribution in [0.1, 0.15) is 33.6 Å². The summed E-state index contributed by atoms with van der Waals surface area (Å²) in [5, 5.41) is 14.5. The smallest absolute Gasteiger partial charge is 0.407 e. The number of ether oxygens (including phenoxy) is 1. The largest absolute Gasteiger partial charge is 0.444 e. The van der Waals surface area contributed by atoms with Crippen LogP contribution in [0.5, 0.6) is 0 Å². The average Bonchev–Trinajstić information content (AvgIpc) is 2.62. The maximum atomic E-state index is 14.4. The Morgan fingerprint density at radius 3 is 2.64 bits per heavy atom. The number of anilines is 1. The van der Waals surface area contributed by atoms with Crippen LogP contribution in [0.2, 0.25) is 0 Å². The third-order valence-electron chi connectivity index (χ3n) is 4.09. The number of nitrogens with one attached hydrogen (secondary N) is 2. The van der Waals surface area contributed by atoms with Crippen LogP contribution in [0, 0.1) is 17.3 Å². The number of carbonyl (C=O) groups excluding carboxylic acids is 1. The first-order valence-corrected chi connectivity index (χ1v) is 10.3. The summed E-state index contributed by atoms with van der Waals surface area (Å²) < 4.78 is 19.7. The van der Waals surface area contributed by atoms with Crippen molar-refractivity contribution in [1.82, 2.24) is 10.6 Å². The van der Waals surface area contributed by atoms with Crippen LogP contribution in [0.3, 0.4) is 0 Å². The van der Waals surface area contributed by atoms with Gasteiger partial charge in [0.2, 0.25) is 0 Å². The Morgan fingerprint density at radius 1 is 1.39 bits per heavy atom. The molecule has 0 aliphatic carbocycles. The summed E-state index contributed by atoms with van der Waals surface area (Å²) in [5.74, 6) is -0.446. The first kappa shape index (κ1) is 21.8. The van der Waals surface area contributed by atoms with Crippen LogP contribution in [-0.4, -0.2) is 42.2 Å². The quantitative estimate of drug-likeness (QED) is 0.343. The minimum Gasteiger partial charge on any atom is -0.444 e. The number of para-hydroxylation sites is 1. The van der Waals surface area contributed by atoms with Gasteiger partial charge in [0.05, 0.1) is 5.69 Å². The van der Waals surface area contributed by atoms with E-state index in [9.17, 15) is 9.18 Å². The van der Waals surface area contributed by atoms with E-state index in [2.05, 4.69) is 15.6 Å². The summed E-state index contributed by atoms with van der Waals surface area (Å²) in [6.07, 6.45) is 4.57. The molecule has 1 heterocycles. The van der Waals surface area contributed by atoms with Gasteiger partial charge in [0.25, 0.3) is 0 Å². The number of nitrogens with zero attached hydrogens (tertiary/aromatic N) is 3. The van der Waals surface area contributed by atoms with Gasteiger partial charge in [-0.05, 0) is 52.0 Å². The fourth-order valence-electron chi connectivity index (χ4n) is 2.88. The van der Waals surface area contributed by atoms with Crippen molar-refractivity contribution in [3.8, 4) is 6.19 Å². The number of rotatable bonds is 3. The molecule has 1 fully saturated rings. The fraction of sp³-hybridized carbons (Fsp3) is 0.526. The van der Waals surface area contributed by atoms with E-state index in [1.54, 1.807) is 12.3 Å². The molecule has 28 heavy (non-hydrogen) atoms. The van der Waals surface area contributed by atoms with Gasteiger partial charge in [-0.3, -0.25) is 5.32 Å². The predicted octanol–water partition coefficient (Wildman–Crippen LogP) is 3.74. The molecule has 1 aromatic rings. The molecule has 0 spiro atoms. The van der Waals surface area contributed by atoms with E-state index in [-0.39, 0.29) is 11.7 Å². The lowest BCUT2D eigenvalue weighted by Crippen LogP contribution is -2.46. The number of piperidine rings is 1. The Kier molecular flexibility index (Phi) is 7.52. The van der Waals surface area contributed by atoms with Gasteiger partial charge in [0.15, 0.2) is 17.2 Å². The van der Waals surface area contributed by atoms with E-state index in [0.717, 1.165) is 0 Å². The average molecular weight is 408 g/mol. The number of amidine groups is 1. The van der Waals surface area contributed by atoms with Crippen LogP contribution < -0.4 is 15.5 Å². The number of hydrogen-bond acceptors (Lipinski definition) is 6. The number of hydrogen-bond donors (Lipinski definition) is 2. The number of alkyl carbamates (subject to hydrolysis) is 1. The third-order valence-corrected chi connectivity index (χ3v) is 4.67. The molecule has 1 aromatic carbocycles. The highest BCUT2D eigenvalue weighted by Gasteiger charge is 2.25. The van der Waals surface area contributed by atoms with Crippen LogP contribution >= 0.6 is 11.8 Å². The lowest BCUT2D eigenvalue weighted by atomic mass is 10.0. The maximum absolute atomic E-state index is 14.4. The van der Waals surface area contributed by atoms with Crippen molar-refractivity contribution in [2.75, 3.05) is 24.2 Å². The summed E-state index contributed by atoms with van der Waals surface area (Å²) in [7, 11) is 0. The van der Waals surface area contributed by atoms with Crippen molar-refractivity contribution in [2.24, 2.45) is 4.99 Å². The van der Waals surface area contributed by atoms with E-state index < -0.39 is 17.5 Å². The SMILES string of the molecule is CSC(=Nc1c(F)cccc1N1CCC(NC(=O)OC(C)(C)C)CC1)NC#N. The highest BCUT2D eigenvalue weighted by atomic mass is 32.2. The Balaban J connectivity index is 2.08. The second-order valence-corrected chi connectivity index (χ2v) is 8.17. The molecule has 152 valence electrons. The molecule has 1 amide bonds. The zero-order valence-corrected chi connectivity index (χ0v) is 17.4. The minimum absolute atomic E-state index is 0.00799. The molecule has 2 N–H and O–H groups in total. The maximum Gasteiger partial charge on any atom is 0.407 e. The molecule has 0 saturated carbocycles. The Labute approximate surface area is 169 Å². The number of amides is 1. The number of benzene rings is 1. The Bertz CT molecular complexity index is 765. The summed E-state index contributed by atoms with van der Waals surface area (Å²) in [6, 6.07) is 4.82. The molecule has 0 bridgehead atoms. The number of aliphatic imine (C=N–C) groups is 1. The molecule has 0 radical (unpaired) electrons. The number of thioether (sulfide) groups is 1. The van der Waals surface area contributed by atoms with E-state index in [1.807, 2.05) is 37.9 Å². The predicted molar refractivity (Wildman–Crippen MR) is 110 cm³/mol. The van der Waals surface area contributed by atoms with Crippen LogP contribution in [-0.2, 0) is 4.74 Å². The summed E-state index contributed by atoms with van der Waals surface area (Å²) in [4.78, 5) is 18.3. The molecule has 7 nitrogen and oxygen atoms in total. The van der Waals surface area contributed by atoms with Crippen molar-refractivity contribution in [1.29, 1.82) is 5.26 Å². The molecule has 0 aromatic heterocycles. The van der Waals surface area contributed by atoms with Gasteiger partial charge in [-0.25, -0.2) is 14.2 Å². The molecular weight excluding hydrogens is 381 g/mol. The molecule has 1 saturated heterocycles. The normalized spacial score (nSPS) is 15.7. The first-order valence-electron chi connectivity index (χ1n) is 9.04.